The minimum absolute atomic E-state index is 0.479. The summed E-state index contributed by atoms with van der Waals surface area (Å²) in [6.45, 7) is 1.37. The smallest absolute Gasteiger partial charge is 0.181 e. The molecule has 1 saturated carbocycles. The van der Waals surface area contributed by atoms with Gasteiger partial charge in [-0.25, -0.2) is 9.67 Å². The quantitative estimate of drug-likeness (QED) is 0.814. The molecule has 1 aliphatic rings. The molecule has 0 aliphatic heterocycles. The van der Waals surface area contributed by atoms with Crippen LogP contribution < -0.4 is 0 Å². The molecule has 1 aromatic carbocycles. The molecule has 3 rings (SSSR count). The maximum Gasteiger partial charge on any atom is 0.181 e. The summed E-state index contributed by atoms with van der Waals surface area (Å²) in [5, 5.41) is 5.41. The second kappa shape index (κ2) is 6.99. The summed E-state index contributed by atoms with van der Waals surface area (Å²) < 4.78 is 7.21. The van der Waals surface area contributed by atoms with Gasteiger partial charge in [-0.2, -0.15) is 5.10 Å². The summed E-state index contributed by atoms with van der Waals surface area (Å²) in [5.74, 6) is 2.32. The number of nitrogens with zero attached hydrogens (tertiary/aromatic N) is 4. The molecule has 6 heteroatoms. The fraction of sp³-hybridized carbons (Fsp3) is 0.529. The fourth-order valence-electron chi connectivity index (χ4n) is 2.94. The van der Waals surface area contributed by atoms with Crippen LogP contribution in [0.3, 0.4) is 0 Å². The standard InChI is InChI=1S/C17H23ClN4O/c1-21(2)15-10-13(11-15)17-19-16(20-22(17)8-9-23-3)12-4-6-14(18)7-5-12/h4-7,13,15H,8-11H2,1-3H3. The Morgan fingerprint density at radius 3 is 2.57 bits per heavy atom. The van der Waals surface area contributed by atoms with Crippen LogP contribution in [0.1, 0.15) is 24.6 Å². The van der Waals surface area contributed by atoms with E-state index < -0.39 is 0 Å². The highest BCUT2D eigenvalue weighted by molar-refractivity contribution is 6.30. The number of hydrogen-bond donors (Lipinski definition) is 0. The number of ether oxygens (including phenoxy) is 1. The van der Waals surface area contributed by atoms with Crippen molar-refractivity contribution >= 4 is 11.6 Å². The van der Waals surface area contributed by atoms with Crippen LogP contribution in [-0.4, -0.2) is 53.5 Å². The van der Waals surface area contributed by atoms with E-state index in [2.05, 4.69) is 24.1 Å². The molecule has 1 aliphatic carbocycles. The second-order valence-electron chi connectivity index (χ2n) is 6.30. The first kappa shape index (κ1) is 16.4. The molecular weight excluding hydrogens is 312 g/mol. The molecule has 0 spiro atoms. The van der Waals surface area contributed by atoms with E-state index in [1.54, 1.807) is 7.11 Å². The fourth-order valence-corrected chi connectivity index (χ4v) is 3.07. The lowest BCUT2D eigenvalue weighted by atomic mass is 9.79. The normalized spacial score (nSPS) is 20.7. The Bertz CT molecular complexity index is 647. The van der Waals surface area contributed by atoms with Crippen LogP contribution in [0.2, 0.25) is 5.02 Å². The first-order chi connectivity index (χ1) is 11.1. The topological polar surface area (TPSA) is 43.2 Å². The molecule has 0 unspecified atom stereocenters. The predicted molar refractivity (Wildman–Crippen MR) is 91.8 cm³/mol. The summed E-state index contributed by atoms with van der Waals surface area (Å²) in [4.78, 5) is 7.10. The lowest BCUT2D eigenvalue weighted by Gasteiger charge is -2.39. The van der Waals surface area contributed by atoms with Gasteiger partial charge in [-0.3, -0.25) is 0 Å². The molecule has 1 fully saturated rings. The van der Waals surface area contributed by atoms with E-state index >= 15 is 0 Å². The van der Waals surface area contributed by atoms with Crippen LogP contribution >= 0.6 is 11.6 Å². The van der Waals surface area contributed by atoms with E-state index in [9.17, 15) is 0 Å². The molecule has 1 heterocycles. The Hall–Kier alpha value is -1.43. The molecule has 0 amide bonds. The zero-order chi connectivity index (χ0) is 16.4. The number of rotatable bonds is 6. The van der Waals surface area contributed by atoms with Crippen LogP contribution in [-0.2, 0) is 11.3 Å². The molecule has 0 saturated heterocycles. The summed E-state index contributed by atoms with van der Waals surface area (Å²) in [7, 11) is 5.98. The Kier molecular flexibility index (Phi) is 4.99. The van der Waals surface area contributed by atoms with Crippen molar-refractivity contribution in [3.63, 3.8) is 0 Å². The van der Waals surface area contributed by atoms with Crippen molar-refractivity contribution in [3.05, 3.63) is 35.1 Å². The van der Waals surface area contributed by atoms with E-state index in [1.165, 1.54) is 0 Å². The summed E-state index contributed by atoms with van der Waals surface area (Å²) >= 11 is 5.96. The highest BCUT2D eigenvalue weighted by atomic mass is 35.5. The molecule has 2 aromatic rings. The van der Waals surface area contributed by atoms with Gasteiger partial charge in [0.2, 0.25) is 0 Å². The largest absolute Gasteiger partial charge is 0.383 e. The molecule has 0 radical (unpaired) electrons. The van der Waals surface area contributed by atoms with Crippen LogP contribution in [0.15, 0.2) is 24.3 Å². The van der Waals surface area contributed by atoms with Crippen molar-refractivity contribution in [2.75, 3.05) is 27.8 Å². The molecule has 23 heavy (non-hydrogen) atoms. The van der Waals surface area contributed by atoms with Crippen LogP contribution in [0.4, 0.5) is 0 Å². The minimum atomic E-state index is 0.479. The Balaban J connectivity index is 1.84. The lowest BCUT2D eigenvalue weighted by molar-refractivity contribution is 0.152. The van der Waals surface area contributed by atoms with Crippen molar-refractivity contribution in [2.45, 2.75) is 31.3 Å². The van der Waals surface area contributed by atoms with Gasteiger partial charge in [0.25, 0.3) is 0 Å². The van der Waals surface area contributed by atoms with Gasteiger partial charge < -0.3 is 9.64 Å². The van der Waals surface area contributed by atoms with Gasteiger partial charge in [0.15, 0.2) is 5.82 Å². The molecule has 0 bridgehead atoms. The minimum Gasteiger partial charge on any atom is -0.383 e. The van der Waals surface area contributed by atoms with E-state index in [0.717, 1.165) is 41.6 Å². The van der Waals surface area contributed by atoms with Gasteiger partial charge >= 0.3 is 0 Å². The van der Waals surface area contributed by atoms with Crippen LogP contribution in [0.25, 0.3) is 11.4 Å². The maximum absolute atomic E-state index is 5.96. The highest BCUT2D eigenvalue weighted by Gasteiger charge is 2.35. The van der Waals surface area contributed by atoms with Crippen molar-refractivity contribution in [1.82, 2.24) is 19.7 Å². The third-order valence-corrected chi connectivity index (χ3v) is 4.77. The monoisotopic (exact) mass is 334 g/mol. The summed E-state index contributed by atoms with van der Waals surface area (Å²) in [5.41, 5.74) is 0.996. The molecule has 5 nitrogen and oxygen atoms in total. The number of benzene rings is 1. The number of halogens is 1. The summed E-state index contributed by atoms with van der Waals surface area (Å²) in [6.07, 6.45) is 2.28. The zero-order valence-electron chi connectivity index (χ0n) is 13.9. The van der Waals surface area contributed by atoms with Gasteiger partial charge in [-0.1, -0.05) is 11.6 Å². The molecule has 1 aromatic heterocycles. The number of methoxy groups -OCH3 is 1. The van der Waals surface area contributed by atoms with E-state index in [0.29, 0.717) is 18.6 Å². The average Bonchev–Trinajstić information content (AvgIpc) is 2.88. The van der Waals surface area contributed by atoms with Gasteiger partial charge in [-0.15, -0.1) is 0 Å². The molecular formula is C17H23ClN4O. The number of hydrogen-bond acceptors (Lipinski definition) is 4. The van der Waals surface area contributed by atoms with Crippen LogP contribution in [0, 0.1) is 0 Å². The highest BCUT2D eigenvalue weighted by Crippen LogP contribution is 2.38. The lowest BCUT2D eigenvalue weighted by Crippen LogP contribution is -2.40. The second-order valence-corrected chi connectivity index (χ2v) is 6.74. The maximum atomic E-state index is 5.96. The first-order valence-corrected chi connectivity index (χ1v) is 8.32. The predicted octanol–water partition coefficient (Wildman–Crippen LogP) is 3.05. The van der Waals surface area contributed by atoms with Crippen molar-refractivity contribution in [1.29, 1.82) is 0 Å². The van der Waals surface area contributed by atoms with Gasteiger partial charge in [0, 0.05) is 29.7 Å². The van der Waals surface area contributed by atoms with E-state index in [4.69, 9.17) is 21.3 Å². The van der Waals surface area contributed by atoms with Crippen molar-refractivity contribution in [3.8, 4) is 11.4 Å². The van der Waals surface area contributed by atoms with Crippen molar-refractivity contribution in [2.24, 2.45) is 0 Å². The Morgan fingerprint density at radius 1 is 1.26 bits per heavy atom. The molecule has 0 N–H and O–H groups in total. The van der Waals surface area contributed by atoms with Gasteiger partial charge in [-0.05, 0) is 51.2 Å². The van der Waals surface area contributed by atoms with Gasteiger partial charge in [0.05, 0.1) is 13.2 Å². The SMILES string of the molecule is COCCn1nc(-c2ccc(Cl)cc2)nc1C1CC(N(C)C)C1. The first-order valence-electron chi connectivity index (χ1n) is 7.94. The van der Waals surface area contributed by atoms with E-state index in [1.807, 2.05) is 28.9 Å². The van der Waals surface area contributed by atoms with Crippen LogP contribution in [0.5, 0.6) is 0 Å². The summed E-state index contributed by atoms with van der Waals surface area (Å²) in [6, 6.07) is 8.32. The zero-order valence-corrected chi connectivity index (χ0v) is 14.6. The number of aromatic nitrogens is 3. The Labute approximate surface area is 142 Å². The average molecular weight is 335 g/mol. The molecule has 0 atom stereocenters. The van der Waals surface area contributed by atoms with E-state index in [-0.39, 0.29) is 0 Å². The molecule has 124 valence electrons. The third kappa shape index (κ3) is 3.57. The van der Waals surface area contributed by atoms with Crippen molar-refractivity contribution < 1.29 is 4.74 Å². The Morgan fingerprint density at radius 2 is 1.96 bits per heavy atom. The third-order valence-electron chi connectivity index (χ3n) is 4.52. The van der Waals surface area contributed by atoms with Gasteiger partial charge in [0.1, 0.15) is 5.82 Å².